The van der Waals surface area contributed by atoms with Gasteiger partial charge in [0.2, 0.25) is 0 Å². The SMILES string of the molecule is Cc1ccc(C)n1-n1c(CCCN2C[C@@H](C)N[C@@H](C)C2)nnc1CCCN1C[C@H](C)N[C@@H](C)C1. The average molecular weight is 471 g/mol. The van der Waals surface area contributed by atoms with E-state index in [1.807, 2.05) is 0 Å². The summed E-state index contributed by atoms with van der Waals surface area (Å²) in [5.74, 6) is 2.16. The van der Waals surface area contributed by atoms with E-state index in [0.717, 1.165) is 76.6 Å². The molecule has 2 fully saturated rings. The van der Waals surface area contributed by atoms with Gasteiger partial charge in [-0.25, -0.2) is 4.68 Å². The second-order valence-electron chi connectivity index (χ2n) is 10.9. The van der Waals surface area contributed by atoms with Crippen LogP contribution in [0, 0.1) is 13.8 Å². The maximum atomic E-state index is 4.69. The summed E-state index contributed by atoms with van der Waals surface area (Å²) < 4.78 is 4.60. The summed E-state index contributed by atoms with van der Waals surface area (Å²) in [6, 6.07) is 6.62. The lowest BCUT2D eigenvalue weighted by molar-refractivity contribution is 0.171. The molecule has 0 aromatic carbocycles. The van der Waals surface area contributed by atoms with Crippen LogP contribution < -0.4 is 10.6 Å². The third-order valence-electron chi connectivity index (χ3n) is 7.22. The predicted molar refractivity (Wildman–Crippen MR) is 138 cm³/mol. The Morgan fingerprint density at radius 1 is 0.676 bits per heavy atom. The number of hydrogen-bond donors (Lipinski definition) is 2. The first-order valence-electron chi connectivity index (χ1n) is 13.4. The van der Waals surface area contributed by atoms with Crippen LogP contribution in [-0.2, 0) is 12.8 Å². The van der Waals surface area contributed by atoms with Crippen molar-refractivity contribution < 1.29 is 0 Å². The van der Waals surface area contributed by atoms with E-state index in [0.29, 0.717) is 24.2 Å². The highest BCUT2D eigenvalue weighted by atomic mass is 15.5. The van der Waals surface area contributed by atoms with Gasteiger partial charge in [-0.3, -0.25) is 4.68 Å². The molecule has 8 heteroatoms. The smallest absolute Gasteiger partial charge is 0.153 e. The molecule has 0 aliphatic carbocycles. The fraction of sp³-hybridized carbons (Fsp3) is 0.769. The van der Waals surface area contributed by atoms with Gasteiger partial charge in [0.05, 0.1) is 0 Å². The van der Waals surface area contributed by atoms with Crippen LogP contribution >= 0.6 is 0 Å². The van der Waals surface area contributed by atoms with E-state index in [2.05, 4.69) is 83.5 Å². The normalized spacial score (nSPS) is 26.9. The van der Waals surface area contributed by atoms with Crippen LogP contribution in [0.4, 0.5) is 0 Å². The molecule has 0 spiro atoms. The van der Waals surface area contributed by atoms with Crippen molar-refractivity contribution in [2.45, 2.75) is 91.4 Å². The third kappa shape index (κ3) is 6.27. The lowest BCUT2D eigenvalue weighted by atomic mass is 10.1. The van der Waals surface area contributed by atoms with Crippen molar-refractivity contribution >= 4 is 0 Å². The monoisotopic (exact) mass is 470 g/mol. The fourth-order valence-electron chi connectivity index (χ4n) is 6.04. The summed E-state index contributed by atoms with van der Waals surface area (Å²) in [5.41, 5.74) is 2.46. The molecule has 4 atom stereocenters. The zero-order valence-corrected chi connectivity index (χ0v) is 22.2. The van der Waals surface area contributed by atoms with Crippen LogP contribution in [0.3, 0.4) is 0 Å². The Balaban J connectivity index is 1.41. The van der Waals surface area contributed by atoms with Gasteiger partial charge in [0.1, 0.15) is 0 Å². The Hall–Kier alpha value is -1.74. The standard InChI is InChI=1S/C26H46N8/c1-19-15-31(16-20(2)27-19)13-7-9-25-29-30-26(34(25)33-23(5)11-12-24(33)6)10-8-14-32-17-21(3)28-22(4)18-32/h11-12,19-22,27-28H,7-10,13-18H2,1-6H3/t19-,20-,21-,22+/m0/s1. The van der Waals surface area contributed by atoms with Gasteiger partial charge in [-0.15, -0.1) is 10.2 Å². The fourth-order valence-corrected chi connectivity index (χ4v) is 6.04. The zero-order chi connectivity index (χ0) is 24.2. The summed E-state index contributed by atoms with van der Waals surface area (Å²) in [5, 5.41) is 16.6. The molecular formula is C26H46N8. The Morgan fingerprint density at radius 3 is 1.44 bits per heavy atom. The molecule has 0 amide bonds. The molecule has 34 heavy (non-hydrogen) atoms. The lowest BCUT2D eigenvalue weighted by Gasteiger charge is -2.36. The minimum atomic E-state index is 0.561. The Kier molecular flexibility index (Phi) is 8.45. The molecule has 0 bridgehead atoms. The first-order chi connectivity index (χ1) is 16.3. The maximum absolute atomic E-state index is 4.69. The van der Waals surface area contributed by atoms with E-state index < -0.39 is 0 Å². The third-order valence-corrected chi connectivity index (χ3v) is 7.22. The maximum Gasteiger partial charge on any atom is 0.153 e. The summed E-state index contributed by atoms with van der Waals surface area (Å²) in [7, 11) is 0. The van der Waals surface area contributed by atoms with Crippen molar-refractivity contribution in [2.24, 2.45) is 0 Å². The largest absolute Gasteiger partial charge is 0.309 e. The van der Waals surface area contributed by atoms with Crippen molar-refractivity contribution in [1.82, 2.24) is 40.0 Å². The van der Waals surface area contributed by atoms with Gasteiger partial charge in [0.15, 0.2) is 11.6 Å². The summed E-state index contributed by atoms with van der Waals surface area (Å²) in [6.45, 7) is 20.2. The van der Waals surface area contributed by atoms with Crippen molar-refractivity contribution in [1.29, 1.82) is 0 Å². The van der Waals surface area contributed by atoms with E-state index in [1.54, 1.807) is 0 Å². The molecule has 0 radical (unpaired) electrons. The molecule has 2 N–H and O–H groups in total. The number of hydrogen-bond acceptors (Lipinski definition) is 6. The molecule has 4 heterocycles. The molecule has 0 unspecified atom stereocenters. The molecule has 0 saturated carbocycles. The molecule has 2 aromatic rings. The highest BCUT2D eigenvalue weighted by molar-refractivity contribution is 5.16. The zero-order valence-electron chi connectivity index (χ0n) is 22.2. The minimum Gasteiger partial charge on any atom is -0.309 e. The number of piperazine rings is 2. The molecule has 4 rings (SSSR count). The molecule has 2 aromatic heterocycles. The van der Waals surface area contributed by atoms with Gasteiger partial charge >= 0.3 is 0 Å². The lowest BCUT2D eigenvalue weighted by Crippen LogP contribution is -2.54. The number of rotatable bonds is 9. The second-order valence-corrected chi connectivity index (χ2v) is 10.9. The Bertz CT molecular complexity index is 829. The molecule has 2 aliphatic rings. The van der Waals surface area contributed by atoms with Crippen molar-refractivity contribution in [2.75, 3.05) is 39.3 Å². The topological polar surface area (TPSA) is 66.2 Å². The van der Waals surface area contributed by atoms with Crippen LogP contribution in [0.1, 0.15) is 63.6 Å². The first-order valence-corrected chi connectivity index (χ1v) is 13.4. The van der Waals surface area contributed by atoms with Crippen molar-refractivity contribution in [3.05, 3.63) is 35.2 Å². The first kappa shape index (κ1) is 25.4. The highest BCUT2D eigenvalue weighted by Gasteiger charge is 2.23. The van der Waals surface area contributed by atoms with Gasteiger partial charge in [-0.1, -0.05) is 0 Å². The molecule has 2 saturated heterocycles. The van der Waals surface area contributed by atoms with E-state index >= 15 is 0 Å². The van der Waals surface area contributed by atoms with Crippen molar-refractivity contribution in [3.8, 4) is 0 Å². The van der Waals surface area contributed by atoms with E-state index in [1.165, 1.54) is 11.4 Å². The van der Waals surface area contributed by atoms with Crippen LogP contribution in [0.2, 0.25) is 0 Å². The second kappa shape index (κ2) is 11.3. The van der Waals surface area contributed by atoms with Gasteiger partial charge in [0, 0.05) is 74.6 Å². The molecule has 2 aliphatic heterocycles. The predicted octanol–water partition coefficient (Wildman–Crippen LogP) is 2.24. The summed E-state index contributed by atoms with van der Waals surface area (Å²) >= 11 is 0. The van der Waals surface area contributed by atoms with Gasteiger partial charge in [-0.2, -0.15) is 0 Å². The molecule has 190 valence electrons. The highest BCUT2D eigenvalue weighted by Crippen LogP contribution is 2.16. The van der Waals surface area contributed by atoms with Crippen LogP contribution in [0.15, 0.2) is 12.1 Å². The van der Waals surface area contributed by atoms with Crippen molar-refractivity contribution in [3.63, 3.8) is 0 Å². The quantitative estimate of drug-likeness (QED) is 0.586. The summed E-state index contributed by atoms with van der Waals surface area (Å²) in [4.78, 5) is 5.18. The average Bonchev–Trinajstić information content (AvgIpc) is 3.28. The van der Waals surface area contributed by atoms with Gasteiger partial charge in [-0.05, 0) is 79.6 Å². The number of aromatic nitrogens is 4. The van der Waals surface area contributed by atoms with E-state index in [9.17, 15) is 0 Å². The van der Waals surface area contributed by atoms with Gasteiger partial charge < -0.3 is 20.4 Å². The minimum absolute atomic E-state index is 0.561. The Labute approximate surface area is 206 Å². The Morgan fingerprint density at radius 2 is 1.06 bits per heavy atom. The van der Waals surface area contributed by atoms with Crippen LogP contribution in [0.25, 0.3) is 0 Å². The van der Waals surface area contributed by atoms with E-state index in [4.69, 9.17) is 10.2 Å². The summed E-state index contributed by atoms with van der Waals surface area (Å²) in [6.07, 6.45) is 4.11. The van der Waals surface area contributed by atoms with E-state index in [-0.39, 0.29) is 0 Å². The number of nitrogens with one attached hydrogen (secondary N) is 2. The molecule has 8 nitrogen and oxygen atoms in total. The van der Waals surface area contributed by atoms with Gasteiger partial charge in [0.25, 0.3) is 0 Å². The van der Waals surface area contributed by atoms with Crippen LogP contribution in [0.5, 0.6) is 0 Å². The van der Waals surface area contributed by atoms with Crippen LogP contribution in [-0.4, -0.2) is 92.8 Å². The molecular weight excluding hydrogens is 424 g/mol. The number of aryl methyl sites for hydroxylation is 4. The number of nitrogens with zero attached hydrogens (tertiary/aromatic N) is 6.